The molecule has 0 saturated carbocycles. The fourth-order valence-corrected chi connectivity index (χ4v) is 3.58. The molecule has 0 aliphatic carbocycles. The number of carbonyl (C=O) groups excluding carboxylic acids is 1. The van der Waals surface area contributed by atoms with Crippen LogP contribution in [0.15, 0.2) is 66.4 Å². The quantitative estimate of drug-likeness (QED) is 0.462. The number of amides is 1. The number of benzene rings is 2. The van der Waals surface area contributed by atoms with Gasteiger partial charge in [0.25, 0.3) is 5.91 Å². The number of para-hydroxylation sites is 1. The molecule has 7 heteroatoms. The van der Waals surface area contributed by atoms with Crippen molar-refractivity contribution in [1.82, 2.24) is 15.1 Å². The zero-order chi connectivity index (χ0) is 21.6. The van der Waals surface area contributed by atoms with E-state index >= 15 is 0 Å². The summed E-state index contributed by atoms with van der Waals surface area (Å²) in [5.41, 5.74) is 3.04. The zero-order valence-corrected chi connectivity index (χ0v) is 17.5. The lowest BCUT2D eigenvalue weighted by Crippen LogP contribution is -2.32. The van der Waals surface area contributed by atoms with Gasteiger partial charge in [-0.1, -0.05) is 41.9 Å². The van der Waals surface area contributed by atoms with Gasteiger partial charge >= 0.3 is 0 Å². The molecule has 0 spiro atoms. The molecule has 4 rings (SSSR count). The summed E-state index contributed by atoms with van der Waals surface area (Å²) in [6.07, 6.45) is 5.29. The average Bonchev–Trinajstić information content (AvgIpc) is 3.47. The Morgan fingerprint density at radius 1 is 1.26 bits per heavy atom. The van der Waals surface area contributed by atoms with Crippen molar-refractivity contribution in [1.29, 1.82) is 5.26 Å². The van der Waals surface area contributed by atoms with Crippen molar-refractivity contribution in [3.05, 3.63) is 77.0 Å². The van der Waals surface area contributed by atoms with Gasteiger partial charge in [0.1, 0.15) is 11.6 Å². The van der Waals surface area contributed by atoms with Crippen LogP contribution >= 0.6 is 11.6 Å². The Morgan fingerprint density at radius 2 is 2.03 bits per heavy atom. The molecule has 1 amide bonds. The first-order valence-electron chi connectivity index (χ1n) is 10.1. The number of ether oxygens (including phenoxy) is 1. The van der Waals surface area contributed by atoms with Gasteiger partial charge in [0.15, 0.2) is 0 Å². The van der Waals surface area contributed by atoms with Crippen LogP contribution in [0.2, 0.25) is 5.02 Å². The topological polar surface area (TPSA) is 79.9 Å². The minimum absolute atomic E-state index is 0.00866. The molecule has 1 atom stereocenters. The van der Waals surface area contributed by atoms with E-state index in [-0.39, 0.29) is 11.7 Å². The van der Waals surface area contributed by atoms with Gasteiger partial charge in [-0.2, -0.15) is 10.4 Å². The molecule has 2 heterocycles. The van der Waals surface area contributed by atoms with E-state index in [1.807, 2.05) is 54.7 Å². The summed E-state index contributed by atoms with van der Waals surface area (Å²) < 4.78 is 7.26. The van der Waals surface area contributed by atoms with Crippen molar-refractivity contribution in [3.63, 3.8) is 0 Å². The summed E-state index contributed by atoms with van der Waals surface area (Å²) in [6.45, 7) is 1.11. The summed E-state index contributed by atoms with van der Waals surface area (Å²) in [6, 6.07) is 19.0. The Bertz CT molecular complexity index is 1120. The molecule has 3 aromatic rings. The first-order chi connectivity index (χ1) is 15.1. The molecule has 1 aliphatic rings. The summed E-state index contributed by atoms with van der Waals surface area (Å²) in [4.78, 5) is 12.6. The van der Waals surface area contributed by atoms with Crippen LogP contribution in [0.1, 0.15) is 18.4 Å². The molecule has 1 aromatic heterocycles. The fourth-order valence-electron chi connectivity index (χ4n) is 3.45. The van der Waals surface area contributed by atoms with E-state index in [1.54, 1.807) is 22.9 Å². The Hall–Kier alpha value is -3.40. The van der Waals surface area contributed by atoms with E-state index in [0.29, 0.717) is 29.4 Å². The molecule has 2 aromatic carbocycles. The molecule has 1 saturated heterocycles. The maximum Gasteiger partial charge on any atom is 0.262 e. The van der Waals surface area contributed by atoms with E-state index in [0.717, 1.165) is 24.1 Å². The molecule has 6 nitrogen and oxygen atoms in total. The molecule has 0 radical (unpaired) electrons. The molecule has 31 heavy (non-hydrogen) atoms. The van der Waals surface area contributed by atoms with Gasteiger partial charge in [-0.3, -0.25) is 4.79 Å². The van der Waals surface area contributed by atoms with Gasteiger partial charge in [0.05, 0.1) is 17.5 Å². The molecule has 1 aliphatic heterocycles. The number of carbonyl (C=O) groups is 1. The van der Waals surface area contributed by atoms with E-state index in [1.165, 1.54) is 0 Å². The van der Waals surface area contributed by atoms with Crippen LogP contribution in [-0.2, 0) is 9.53 Å². The van der Waals surface area contributed by atoms with Gasteiger partial charge in [-0.15, -0.1) is 0 Å². The van der Waals surface area contributed by atoms with Gasteiger partial charge in [0, 0.05) is 35.5 Å². The molecule has 1 fully saturated rings. The Kier molecular flexibility index (Phi) is 6.46. The fraction of sp³-hybridized carbons (Fsp3) is 0.208. The van der Waals surface area contributed by atoms with E-state index in [4.69, 9.17) is 21.4 Å². The number of halogens is 1. The summed E-state index contributed by atoms with van der Waals surface area (Å²) in [7, 11) is 0. The predicted molar refractivity (Wildman–Crippen MR) is 120 cm³/mol. The highest BCUT2D eigenvalue weighted by Gasteiger charge is 2.19. The normalized spacial score (nSPS) is 16.1. The minimum Gasteiger partial charge on any atom is -0.376 e. The molecule has 0 bridgehead atoms. The van der Waals surface area contributed by atoms with Crippen LogP contribution in [0.4, 0.5) is 0 Å². The summed E-state index contributed by atoms with van der Waals surface area (Å²) >= 11 is 6.03. The number of hydrogen-bond donors (Lipinski definition) is 1. The average molecular weight is 433 g/mol. The van der Waals surface area contributed by atoms with Crippen molar-refractivity contribution in [3.8, 4) is 23.0 Å². The van der Waals surface area contributed by atoms with Crippen LogP contribution in [-0.4, -0.2) is 34.9 Å². The van der Waals surface area contributed by atoms with Crippen molar-refractivity contribution in [2.75, 3.05) is 13.2 Å². The maximum atomic E-state index is 12.6. The lowest BCUT2D eigenvalue weighted by molar-refractivity contribution is -0.117. The van der Waals surface area contributed by atoms with Gasteiger partial charge in [0.2, 0.25) is 0 Å². The highest BCUT2D eigenvalue weighted by atomic mass is 35.5. The number of aromatic nitrogens is 2. The number of rotatable bonds is 6. The third kappa shape index (κ3) is 5.02. The SMILES string of the molecule is N#CC(=Cc1cn(-c2ccccc2)nc1-c1ccc(Cl)cc1)C(=O)NCC1CCCO1. The predicted octanol–water partition coefficient (Wildman–Crippen LogP) is 4.39. The lowest BCUT2D eigenvalue weighted by atomic mass is 10.1. The largest absolute Gasteiger partial charge is 0.376 e. The highest BCUT2D eigenvalue weighted by molar-refractivity contribution is 6.30. The van der Waals surface area contributed by atoms with Crippen molar-refractivity contribution < 1.29 is 9.53 Å². The van der Waals surface area contributed by atoms with Crippen LogP contribution in [0.3, 0.4) is 0 Å². The zero-order valence-electron chi connectivity index (χ0n) is 16.8. The number of nitriles is 1. The van der Waals surface area contributed by atoms with Crippen molar-refractivity contribution in [2.24, 2.45) is 0 Å². The first-order valence-corrected chi connectivity index (χ1v) is 10.4. The number of hydrogen-bond acceptors (Lipinski definition) is 4. The molecule has 1 unspecified atom stereocenters. The third-order valence-corrected chi connectivity index (χ3v) is 5.31. The smallest absolute Gasteiger partial charge is 0.262 e. The van der Waals surface area contributed by atoms with Crippen molar-refractivity contribution in [2.45, 2.75) is 18.9 Å². The Labute approximate surface area is 185 Å². The standard InChI is InChI=1S/C24H21ClN4O2/c25-20-10-8-17(9-11-20)23-19(16-29(28-23)21-5-2-1-3-6-21)13-18(14-26)24(30)27-15-22-7-4-12-31-22/h1-3,5-6,8-11,13,16,22H,4,7,12,15H2,(H,27,30). The van der Waals surface area contributed by atoms with E-state index in [2.05, 4.69) is 5.32 Å². The van der Waals surface area contributed by atoms with Gasteiger partial charge in [-0.05, 0) is 43.2 Å². The van der Waals surface area contributed by atoms with Crippen molar-refractivity contribution >= 4 is 23.6 Å². The van der Waals surface area contributed by atoms with Gasteiger partial charge in [-0.25, -0.2) is 4.68 Å². The summed E-state index contributed by atoms with van der Waals surface area (Å²) in [5.74, 6) is -0.424. The highest BCUT2D eigenvalue weighted by Crippen LogP contribution is 2.27. The second-order valence-corrected chi connectivity index (χ2v) is 7.67. The minimum atomic E-state index is -0.424. The van der Waals surface area contributed by atoms with E-state index in [9.17, 15) is 10.1 Å². The monoisotopic (exact) mass is 432 g/mol. The molecular formula is C24H21ClN4O2. The maximum absolute atomic E-state index is 12.6. The molecule has 1 N–H and O–H groups in total. The number of nitrogens with one attached hydrogen (secondary N) is 1. The second kappa shape index (κ2) is 9.61. The molecular weight excluding hydrogens is 412 g/mol. The van der Waals surface area contributed by atoms with Crippen LogP contribution in [0.5, 0.6) is 0 Å². The summed E-state index contributed by atoms with van der Waals surface area (Å²) in [5, 5.41) is 17.7. The first kappa shape index (κ1) is 20.9. The second-order valence-electron chi connectivity index (χ2n) is 7.23. The van der Waals surface area contributed by atoms with Crippen LogP contribution in [0, 0.1) is 11.3 Å². The van der Waals surface area contributed by atoms with E-state index < -0.39 is 5.91 Å². The number of nitrogens with zero attached hydrogens (tertiary/aromatic N) is 3. The van der Waals surface area contributed by atoms with Gasteiger partial charge < -0.3 is 10.1 Å². The Morgan fingerprint density at radius 3 is 2.71 bits per heavy atom. The molecule has 156 valence electrons. The lowest BCUT2D eigenvalue weighted by Gasteiger charge is -2.10. The van der Waals surface area contributed by atoms with Crippen LogP contribution in [0.25, 0.3) is 23.0 Å². The third-order valence-electron chi connectivity index (χ3n) is 5.06. The van der Waals surface area contributed by atoms with Crippen LogP contribution < -0.4 is 5.32 Å². The Balaban J connectivity index is 1.67.